The first-order chi connectivity index (χ1) is 16.3. The van der Waals surface area contributed by atoms with Crippen LogP contribution in [0.3, 0.4) is 0 Å². The lowest BCUT2D eigenvalue weighted by Gasteiger charge is -2.25. The van der Waals surface area contributed by atoms with Gasteiger partial charge >= 0.3 is 0 Å². The van der Waals surface area contributed by atoms with E-state index in [0.717, 1.165) is 29.4 Å². The lowest BCUT2D eigenvalue weighted by molar-refractivity contribution is -0.114. The molecule has 1 amide bonds. The molecule has 6 heteroatoms. The van der Waals surface area contributed by atoms with Crippen molar-refractivity contribution < 1.29 is 13.2 Å². The third-order valence-electron chi connectivity index (χ3n) is 6.55. The molecule has 0 spiro atoms. The first-order valence-electron chi connectivity index (χ1n) is 11.3. The molecule has 0 atom stereocenters. The maximum Gasteiger partial charge on any atom is 0.264 e. The number of anilines is 2. The Labute approximate surface area is 200 Å². The summed E-state index contributed by atoms with van der Waals surface area (Å²) in [4.78, 5) is 13.4. The first-order valence-corrected chi connectivity index (χ1v) is 12.8. The molecule has 4 aromatic carbocycles. The Balaban J connectivity index is 1.50. The molecule has 5 rings (SSSR count). The van der Waals surface area contributed by atoms with Crippen LogP contribution in [0.15, 0.2) is 83.8 Å². The van der Waals surface area contributed by atoms with Crippen LogP contribution in [0.1, 0.15) is 22.3 Å². The minimum Gasteiger partial charge on any atom is -0.324 e. The SMILES string of the molecule is Cc1ccc(N(CC(=O)Nc2ccc3c4c(cccc24)CC3)S(=O)(=O)c2ccccc2)cc1C. The van der Waals surface area contributed by atoms with Gasteiger partial charge < -0.3 is 5.32 Å². The summed E-state index contributed by atoms with van der Waals surface area (Å²) in [6.07, 6.45) is 2.00. The Kier molecular flexibility index (Phi) is 5.62. The van der Waals surface area contributed by atoms with Crippen molar-refractivity contribution >= 4 is 38.1 Å². The zero-order chi connectivity index (χ0) is 23.9. The number of carbonyl (C=O) groups is 1. The topological polar surface area (TPSA) is 66.5 Å². The molecular formula is C28H26N2O3S. The average molecular weight is 471 g/mol. The number of nitrogens with zero attached hydrogens (tertiary/aromatic N) is 1. The smallest absolute Gasteiger partial charge is 0.264 e. The van der Waals surface area contributed by atoms with Crippen molar-refractivity contribution in [3.8, 4) is 0 Å². The summed E-state index contributed by atoms with van der Waals surface area (Å²) in [6.45, 7) is 3.57. The Bertz CT molecular complexity index is 1500. The number of aryl methyl sites for hydroxylation is 4. The van der Waals surface area contributed by atoms with Crippen molar-refractivity contribution in [2.24, 2.45) is 0 Å². The van der Waals surface area contributed by atoms with Gasteiger partial charge in [0, 0.05) is 11.1 Å². The fourth-order valence-corrected chi connectivity index (χ4v) is 6.03. The van der Waals surface area contributed by atoms with Gasteiger partial charge in [0.15, 0.2) is 0 Å². The van der Waals surface area contributed by atoms with E-state index in [1.807, 2.05) is 44.2 Å². The van der Waals surface area contributed by atoms with Crippen LogP contribution in [-0.4, -0.2) is 20.9 Å². The van der Waals surface area contributed by atoms with Gasteiger partial charge in [0.25, 0.3) is 10.0 Å². The van der Waals surface area contributed by atoms with Gasteiger partial charge in [-0.05, 0) is 84.7 Å². The summed E-state index contributed by atoms with van der Waals surface area (Å²) >= 11 is 0. The van der Waals surface area contributed by atoms with Crippen LogP contribution < -0.4 is 9.62 Å². The van der Waals surface area contributed by atoms with E-state index in [4.69, 9.17) is 0 Å². The van der Waals surface area contributed by atoms with Crippen molar-refractivity contribution in [3.05, 3.63) is 101 Å². The van der Waals surface area contributed by atoms with Crippen molar-refractivity contribution in [1.82, 2.24) is 0 Å². The molecule has 34 heavy (non-hydrogen) atoms. The highest BCUT2D eigenvalue weighted by Gasteiger charge is 2.28. The lowest BCUT2D eigenvalue weighted by atomic mass is 10.0. The van der Waals surface area contributed by atoms with Gasteiger partial charge in [-0.1, -0.05) is 48.5 Å². The second-order valence-electron chi connectivity index (χ2n) is 8.75. The standard InChI is InChI=1S/C28H26N2O3S/c1-19-11-15-23(17-20(19)2)30(34(32,33)24-8-4-3-5-9-24)18-27(31)29-26-16-14-22-13-12-21-7-6-10-25(26)28(21)22/h3-11,14-17H,12-13,18H2,1-2H3,(H,29,31). The van der Waals surface area contributed by atoms with Crippen molar-refractivity contribution in [3.63, 3.8) is 0 Å². The molecule has 1 aliphatic rings. The summed E-state index contributed by atoms with van der Waals surface area (Å²) < 4.78 is 28.3. The van der Waals surface area contributed by atoms with Crippen LogP contribution in [0, 0.1) is 13.8 Å². The van der Waals surface area contributed by atoms with E-state index in [-0.39, 0.29) is 11.4 Å². The Morgan fingerprint density at radius 1 is 0.853 bits per heavy atom. The predicted octanol–water partition coefficient (Wildman–Crippen LogP) is 5.39. The highest BCUT2D eigenvalue weighted by atomic mass is 32.2. The molecule has 0 bridgehead atoms. The molecular weight excluding hydrogens is 444 g/mol. The summed E-state index contributed by atoms with van der Waals surface area (Å²) in [5.74, 6) is -0.392. The number of sulfonamides is 1. The van der Waals surface area contributed by atoms with E-state index >= 15 is 0 Å². The largest absolute Gasteiger partial charge is 0.324 e. The summed E-state index contributed by atoms with van der Waals surface area (Å²) in [6, 6.07) is 23.7. The second kappa shape index (κ2) is 8.61. The molecule has 1 aliphatic carbocycles. The zero-order valence-electron chi connectivity index (χ0n) is 19.2. The number of hydrogen-bond donors (Lipinski definition) is 1. The van der Waals surface area contributed by atoms with Crippen LogP contribution in [0.2, 0.25) is 0 Å². The van der Waals surface area contributed by atoms with E-state index in [0.29, 0.717) is 11.4 Å². The van der Waals surface area contributed by atoms with E-state index in [1.54, 1.807) is 36.4 Å². The molecule has 0 heterocycles. The van der Waals surface area contributed by atoms with Crippen LogP contribution in [0.25, 0.3) is 10.8 Å². The quantitative estimate of drug-likeness (QED) is 0.411. The maximum absolute atomic E-state index is 13.6. The van der Waals surface area contributed by atoms with Gasteiger partial charge in [-0.25, -0.2) is 8.42 Å². The van der Waals surface area contributed by atoms with Gasteiger partial charge in [-0.3, -0.25) is 9.10 Å². The Morgan fingerprint density at radius 3 is 2.32 bits per heavy atom. The van der Waals surface area contributed by atoms with Gasteiger partial charge in [-0.2, -0.15) is 0 Å². The number of rotatable bonds is 6. The third kappa shape index (κ3) is 3.94. The highest BCUT2D eigenvalue weighted by Crippen LogP contribution is 2.35. The number of hydrogen-bond acceptors (Lipinski definition) is 3. The molecule has 4 aromatic rings. The van der Waals surface area contributed by atoms with E-state index in [1.165, 1.54) is 20.8 Å². The van der Waals surface area contributed by atoms with Gasteiger partial charge in [-0.15, -0.1) is 0 Å². The molecule has 0 radical (unpaired) electrons. The molecule has 172 valence electrons. The normalized spacial score (nSPS) is 12.6. The molecule has 0 aliphatic heterocycles. The molecule has 0 unspecified atom stereocenters. The minimum atomic E-state index is -3.94. The second-order valence-corrected chi connectivity index (χ2v) is 10.6. The molecule has 0 saturated heterocycles. The summed E-state index contributed by atoms with van der Waals surface area (Å²) in [5, 5.41) is 5.16. The van der Waals surface area contributed by atoms with Crippen LogP contribution in [0.4, 0.5) is 11.4 Å². The Hall–Kier alpha value is -3.64. The van der Waals surface area contributed by atoms with Gasteiger partial charge in [0.2, 0.25) is 5.91 Å². The number of nitrogens with one attached hydrogen (secondary N) is 1. The highest BCUT2D eigenvalue weighted by molar-refractivity contribution is 7.92. The maximum atomic E-state index is 13.6. The fourth-order valence-electron chi connectivity index (χ4n) is 4.59. The molecule has 0 aromatic heterocycles. The molecule has 5 nitrogen and oxygen atoms in total. The first kappa shape index (κ1) is 22.2. The van der Waals surface area contributed by atoms with Crippen molar-refractivity contribution in [2.75, 3.05) is 16.2 Å². The molecule has 0 fully saturated rings. The number of carbonyl (C=O) groups excluding carboxylic acids is 1. The van der Waals surface area contributed by atoms with Gasteiger partial charge in [0.1, 0.15) is 6.54 Å². The van der Waals surface area contributed by atoms with E-state index in [9.17, 15) is 13.2 Å². The third-order valence-corrected chi connectivity index (χ3v) is 8.34. The van der Waals surface area contributed by atoms with Crippen LogP contribution in [0.5, 0.6) is 0 Å². The van der Waals surface area contributed by atoms with Crippen molar-refractivity contribution in [1.29, 1.82) is 0 Å². The Morgan fingerprint density at radius 2 is 1.59 bits per heavy atom. The monoisotopic (exact) mass is 470 g/mol. The minimum absolute atomic E-state index is 0.145. The molecule has 1 N–H and O–H groups in total. The molecule has 0 saturated carbocycles. The van der Waals surface area contributed by atoms with E-state index in [2.05, 4.69) is 17.4 Å². The lowest BCUT2D eigenvalue weighted by Crippen LogP contribution is -2.38. The summed E-state index contributed by atoms with van der Waals surface area (Å²) in [7, 11) is -3.94. The van der Waals surface area contributed by atoms with Gasteiger partial charge in [0.05, 0.1) is 10.6 Å². The van der Waals surface area contributed by atoms with Crippen LogP contribution in [-0.2, 0) is 27.7 Å². The van der Waals surface area contributed by atoms with Crippen LogP contribution >= 0.6 is 0 Å². The average Bonchev–Trinajstić information content (AvgIpc) is 3.26. The van der Waals surface area contributed by atoms with E-state index < -0.39 is 15.9 Å². The fraction of sp³-hybridized carbons (Fsp3) is 0.179. The summed E-state index contributed by atoms with van der Waals surface area (Å²) in [5.41, 5.74) is 5.74. The number of benzene rings is 4. The van der Waals surface area contributed by atoms with Crippen molar-refractivity contribution in [2.45, 2.75) is 31.6 Å². The number of amides is 1. The zero-order valence-corrected chi connectivity index (χ0v) is 20.0. The predicted molar refractivity (Wildman–Crippen MR) is 137 cm³/mol.